The maximum Gasteiger partial charge on any atom is 2.00 e. The second-order valence-electron chi connectivity index (χ2n) is 2.94. The van der Waals surface area contributed by atoms with Crippen LogP contribution >= 0.6 is 0 Å². The van der Waals surface area contributed by atoms with Crippen molar-refractivity contribution in [2.45, 2.75) is 36.6 Å². The predicted octanol–water partition coefficient (Wildman–Crippen LogP) is -9.83. The van der Waals surface area contributed by atoms with E-state index < -0.39 is 36.6 Å². The summed E-state index contributed by atoms with van der Waals surface area (Å²) in [6.45, 7) is 0. The van der Waals surface area contributed by atoms with Crippen LogP contribution in [-0.2, 0) is 17.1 Å². The molecular weight excluding hydrogens is 294 g/mol. The third kappa shape index (κ3) is 3.98. The van der Waals surface area contributed by atoms with Gasteiger partial charge < -0.3 is 55.5 Å². The Labute approximate surface area is 109 Å². The first-order chi connectivity index (χ1) is 5.46. The summed E-state index contributed by atoms with van der Waals surface area (Å²) in [5.74, 6) is 0. The Hall–Kier alpha value is 0.859. The van der Waals surface area contributed by atoms with Crippen molar-refractivity contribution < 1.29 is 72.5 Å². The van der Waals surface area contributed by atoms with Gasteiger partial charge in [-0.2, -0.15) is 0 Å². The Morgan fingerprint density at radius 2 is 0.467 bits per heavy atom. The van der Waals surface area contributed by atoms with E-state index in [4.69, 9.17) is 30.6 Å². The zero-order chi connectivity index (χ0) is 9.46. The fourth-order valence-electron chi connectivity index (χ4n) is 1.21. The molecule has 1 fully saturated rings. The van der Waals surface area contributed by atoms with Crippen LogP contribution in [0.15, 0.2) is 0 Å². The minimum atomic E-state index is -1.64. The van der Waals surface area contributed by atoms with Crippen LogP contribution in [0, 0.1) is 0 Å². The van der Waals surface area contributed by atoms with Crippen LogP contribution in [0.2, 0.25) is 0 Å². The summed E-state index contributed by atoms with van der Waals surface area (Å²) < 4.78 is 0. The van der Waals surface area contributed by atoms with Crippen LogP contribution in [0.5, 0.6) is 0 Å². The molecule has 6 N–H and O–H groups in total. The molecule has 0 amide bonds. The summed E-state index contributed by atoms with van der Waals surface area (Å²) in [4.78, 5) is 0. The van der Waals surface area contributed by atoms with Crippen molar-refractivity contribution in [3.8, 4) is 0 Å². The van der Waals surface area contributed by atoms with Gasteiger partial charge in [0.2, 0.25) is 0 Å². The van der Waals surface area contributed by atoms with Gasteiger partial charge in [0.15, 0.2) is 0 Å². The number of hydrogen-bond acceptors (Lipinski definition) is 6. The smallest absolute Gasteiger partial charge is 1.00 e. The monoisotopic (exact) mass is 305 g/mol. The second kappa shape index (κ2) is 8.02. The first-order valence-corrected chi connectivity index (χ1v) is 3.55. The molecular formula is C6H12Cl2MnO6. The predicted molar refractivity (Wildman–Crippen MR) is 36.0 cm³/mol. The largest absolute Gasteiger partial charge is 2.00 e. The van der Waals surface area contributed by atoms with Gasteiger partial charge in [0.25, 0.3) is 0 Å². The van der Waals surface area contributed by atoms with Crippen molar-refractivity contribution >= 4 is 0 Å². The Bertz CT molecular complexity index is 117. The molecule has 0 heterocycles. The van der Waals surface area contributed by atoms with E-state index in [1.54, 1.807) is 0 Å². The van der Waals surface area contributed by atoms with Crippen molar-refractivity contribution in [1.29, 1.82) is 0 Å². The van der Waals surface area contributed by atoms with Crippen LogP contribution in [0.1, 0.15) is 0 Å². The van der Waals surface area contributed by atoms with Gasteiger partial charge in [0, 0.05) is 0 Å². The molecule has 1 aliphatic rings. The Kier molecular flexibility index (Phi) is 11.3. The number of aliphatic hydroxyl groups is 6. The fourth-order valence-corrected chi connectivity index (χ4v) is 1.21. The first kappa shape index (κ1) is 21.2. The van der Waals surface area contributed by atoms with E-state index in [1.165, 1.54) is 0 Å². The third-order valence-electron chi connectivity index (χ3n) is 2.10. The van der Waals surface area contributed by atoms with Crippen molar-refractivity contribution in [3.05, 3.63) is 0 Å². The van der Waals surface area contributed by atoms with Gasteiger partial charge in [0.1, 0.15) is 36.6 Å². The van der Waals surface area contributed by atoms with Gasteiger partial charge in [-0.25, -0.2) is 0 Å². The van der Waals surface area contributed by atoms with Gasteiger partial charge in [0.05, 0.1) is 0 Å². The number of hydrogen-bond donors (Lipinski definition) is 6. The average Bonchev–Trinajstić information content (AvgIpc) is 2.08. The van der Waals surface area contributed by atoms with Gasteiger partial charge in [-0.05, 0) is 0 Å². The molecule has 1 aliphatic carbocycles. The fraction of sp³-hybridized carbons (Fsp3) is 1.00. The number of rotatable bonds is 0. The quantitative estimate of drug-likeness (QED) is 0.247. The summed E-state index contributed by atoms with van der Waals surface area (Å²) in [7, 11) is 0. The van der Waals surface area contributed by atoms with Crippen LogP contribution in [0.3, 0.4) is 0 Å². The second-order valence-corrected chi connectivity index (χ2v) is 2.94. The minimum Gasteiger partial charge on any atom is -1.00 e. The molecule has 1 rings (SSSR count). The number of halogens is 2. The topological polar surface area (TPSA) is 121 Å². The Morgan fingerprint density at radius 1 is 0.400 bits per heavy atom. The van der Waals surface area contributed by atoms with E-state index in [1.807, 2.05) is 0 Å². The van der Waals surface area contributed by atoms with E-state index in [0.717, 1.165) is 0 Å². The van der Waals surface area contributed by atoms with Crippen molar-refractivity contribution in [1.82, 2.24) is 0 Å². The first-order valence-electron chi connectivity index (χ1n) is 3.55. The normalized spacial score (nSPS) is 44.4. The molecule has 0 aromatic heterocycles. The summed E-state index contributed by atoms with van der Waals surface area (Å²) in [6, 6.07) is 0. The minimum absolute atomic E-state index is 0. The zero-order valence-electron chi connectivity index (χ0n) is 7.28. The van der Waals surface area contributed by atoms with Crippen LogP contribution in [0.4, 0.5) is 0 Å². The molecule has 0 saturated heterocycles. The number of aliphatic hydroxyl groups excluding tert-OH is 6. The molecule has 93 valence electrons. The zero-order valence-corrected chi connectivity index (χ0v) is 9.97. The molecule has 1 radical (unpaired) electrons. The van der Waals surface area contributed by atoms with E-state index in [0.29, 0.717) is 0 Å². The van der Waals surface area contributed by atoms with Crippen molar-refractivity contribution in [3.63, 3.8) is 0 Å². The van der Waals surface area contributed by atoms with Crippen LogP contribution in [-0.4, -0.2) is 67.3 Å². The SMILES string of the molecule is OC1C(O)C(O)C(O)C(O)C1O.[Cl-].[Cl-].[Mn+2]. The molecule has 15 heavy (non-hydrogen) atoms. The van der Waals surface area contributed by atoms with Gasteiger partial charge in [-0.15, -0.1) is 0 Å². The van der Waals surface area contributed by atoms with Crippen LogP contribution < -0.4 is 24.8 Å². The molecule has 0 unspecified atom stereocenters. The van der Waals surface area contributed by atoms with E-state index in [2.05, 4.69) is 0 Å². The summed E-state index contributed by atoms with van der Waals surface area (Å²) in [6.07, 6.45) is -9.84. The molecule has 6 nitrogen and oxygen atoms in total. The van der Waals surface area contributed by atoms with Crippen LogP contribution in [0.25, 0.3) is 0 Å². The molecule has 1 saturated carbocycles. The van der Waals surface area contributed by atoms with Crippen molar-refractivity contribution in [2.24, 2.45) is 0 Å². The summed E-state index contributed by atoms with van der Waals surface area (Å²) in [5.41, 5.74) is 0. The molecule has 0 atom stereocenters. The maximum atomic E-state index is 8.97. The molecule has 0 bridgehead atoms. The Morgan fingerprint density at radius 3 is 0.533 bits per heavy atom. The third-order valence-corrected chi connectivity index (χ3v) is 2.10. The molecule has 0 spiro atoms. The van der Waals surface area contributed by atoms with E-state index in [9.17, 15) is 0 Å². The molecule has 0 aromatic carbocycles. The summed E-state index contributed by atoms with van der Waals surface area (Å²) >= 11 is 0. The average molecular weight is 306 g/mol. The van der Waals surface area contributed by atoms with Gasteiger partial charge in [-0.3, -0.25) is 0 Å². The van der Waals surface area contributed by atoms with E-state index in [-0.39, 0.29) is 41.9 Å². The maximum absolute atomic E-state index is 8.97. The summed E-state index contributed by atoms with van der Waals surface area (Å²) in [5, 5.41) is 53.8. The Balaban J connectivity index is -0.000000480. The molecule has 0 aliphatic heterocycles. The molecule has 9 heteroatoms. The van der Waals surface area contributed by atoms with Gasteiger partial charge in [-0.1, -0.05) is 0 Å². The molecule has 0 aromatic rings. The van der Waals surface area contributed by atoms with E-state index >= 15 is 0 Å². The van der Waals surface area contributed by atoms with Crippen molar-refractivity contribution in [2.75, 3.05) is 0 Å². The standard InChI is InChI=1S/C6H12O6.2ClH.Mn/c7-1-2(8)4(10)6(12)5(11)3(1)9;;;/h1-12H;2*1H;/q;;;+2/p-2. The van der Waals surface area contributed by atoms with Gasteiger partial charge >= 0.3 is 17.1 Å².